The number of rotatable bonds is 5. The van der Waals surface area contributed by atoms with Gasteiger partial charge in [-0.2, -0.15) is 5.10 Å². The summed E-state index contributed by atoms with van der Waals surface area (Å²) in [5, 5.41) is 7.93. The average molecular weight is 340 g/mol. The Morgan fingerprint density at radius 1 is 1.32 bits per heavy atom. The maximum Gasteiger partial charge on any atom is 0.252 e. The number of nitrogens with one attached hydrogen (secondary N) is 1. The first-order valence-corrected chi connectivity index (χ1v) is 8.34. The molecule has 0 radical (unpaired) electrons. The highest BCUT2D eigenvalue weighted by Crippen LogP contribution is 2.21. The first-order chi connectivity index (χ1) is 12.0. The Balaban J connectivity index is 1.79. The molecule has 1 amide bonds. The molecular formula is C19H21FN4O. The van der Waals surface area contributed by atoms with Gasteiger partial charge in [-0.05, 0) is 44.9 Å². The highest BCUT2D eigenvalue weighted by molar-refractivity contribution is 6.05. The molecule has 3 aromatic rings. The minimum Gasteiger partial charge on any atom is -0.352 e. The average Bonchev–Trinajstić information content (AvgIpc) is 2.99. The Labute approximate surface area is 145 Å². The normalized spacial score (nSPS) is 11.2. The van der Waals surface area contributed by atoms with Crippen molar-refractivity contribution in [1.29, 1.82) is 0 Å². The maximum atomic E-state index is 13.6. The van der Waals surface area contributed by atoms with Crippen LogP contribution in [0.2, 0.25) is 0 Å². The molecule has 2 aromatic heterocycles. The molecule has 0 atom stereocenters. The number of carbonyl (C=O) groups is 1. The standard InChI is InChI=1S/C19H21FN4O/c1-12(2)24-18-16(11-22-24)15(10-13(3)23-18)19(25)21-9-8-14-6-4-5-7-17(14)20/h4-7,10-12H,8-9H2,1-3H3,(H,21,25). The summed E-state index contributed by atoms with van der Waals surface area (Å²) in [4.78, 5) is 17.1. The van der Waals surface area contributed by atoms with Gasteiger partial charge in [-0.15, -0.1) is 0 Å². The number of fused-ring (bicyclic) bond motifs is 1. The monoisotopic (exact) mass is 340 g/mol. The van der Waals surface area contributed by atoms with Gasteiger partial charge in [-0.25, -0.2) is 14.1 Å². The van der Waals surface area contributed by atoms with Crippen LogP contribution in [0, 0.1) is 12.7 Å². The zero-order valence-electron chi connectivity index (χ0n) is 14.6. The summed E-state index contributed by atoms with van der Waals surface area (Å²) in [7, 11) is 0. The lowest BCUT2D eigenvalue weighted by molar-refractivity contribution is 0.0955. The van der Waals surface area contributed by atoms with Crippen molar-refractivity contribution in [1.82, 2.24) is 20.1 Å². The van der Waals surface area contributed by atoms with E-state index >= 15 is 0 Å². The Morgan fingerprint density at radius 3 is 2.80 bits per heavy atom. The zero-order chi connectivity index (χ0) is 18.0. The van der Waals surface area contributed by atoms with E-state index in [1.54, 1.807) is 35.1 Å². The molecule has 5 nitrogen and oxygen atoms in total. The molecule has 1 aromatic carbocycles. The second kappa shape index (κ2) is 7.01. The Hall–Kier alpha value is -2.76. The molecule has 25 heavy (non-hydrogen) atoms. The molecule has 6 heteroatoms. The number of halogens is 1. The van der Waals surface area contributed by atoms with Crippen molar-refractivity contribution >= 4 is 16.9 Å². The minimum absolute atomic E-state index is 0.156. The number of hydrogen-bond donors (Lipinski definition) is 1. The summed E-state index contributed by atoms with van der Waals surface area (Å²) in [6.07, 6.45) is 2.12. The van der Waals surface area contributed by atoms with Gasteiger partial charge < -0.3 is 5.32 Å². The van der Waals surface area contributed by atoms with E-state index in [1.165, 1.54) is 6.07 Å². The van der Waals surface area contributed by atoms with E-state index in [0.717, 1.165) is 11.1 Å². The fourth-order valence-electron chi connectivity index (χ4n) is 2.82. The fraction of sp³-hybridized carbons (Fsp3) is 0.316. The van der Waals surface area contributed by atoms with Crippen LogP contribution in [0.1, 0.15) is 41.5 Å². The third-order valence-electron chi connectivity index (χ3n) is 4.07. The summed E-state index contributed by atoms with van der Waals surface area (Å²) in [5.41, 5.74) is 2.60. The van der Waals surface area contributed by atoms with Crippen LogP contribution < -0.4 is 5.32 Å². The third kappa shape index (κ3) is 3.52. The van der Waals surface area contributed by atoms with Crippen LogP contribution >= 0.6 is 0 Å². The van der Waals surface area contributed by atoms with Crippen molar-refractivity contribution in [2.75, 3.05) is 6.54 Å². The number of carbonyl (C=O) groups excluding carboxylic acids is 1. The van der Waals surface area contributed by atoms with Gasteiger partial charge in [0, 0.05) is 18.3 Å². The van der Waals surface area contributed by atoms with Crippen LogP contribution in [-0.2, 0) is 6.42 Å². The Morgan fingerprint density at radius 2 is 2.08 bits per heavy atom. The van der Waals surface area contributed by atoms with Crippen LogP contribution in [0.4, 0.5) is 4.39 Å². The molecule has 130 valence electrons. The minimum atomic E-state index is -0.253. The van der Waals surface area contributed by atoms with Gasteiger partial charge in [0.25, 0.3) is 5.91 Å². The molecule has 0 saturated carbocycles. The quantitative estimate of drug-likeness (QED) is 0.774. The predicted octanol–water partition coefficient (Wildman–Crippen LogP) is 3.43. The van der Waals surface area contributed by atoms with Crippen LogP contribution in [0.15, 0.2) is 36.5 Å². The van der Waals surface area contributed by atoms with Gasteiger partial charge >= 0.3 is 0 Å². The van der Waals surface area contributed by atoms with Crippen molar-refractivity contribution in [3.63, 3.8) is 0 Å². The molecular weight excluding hydrogens is 319 g/mol. The lowest BCUT2D eigenvalue weighted by Crippen LogP contribution is -2.26. The summed E-state index contributed by atoms with van der Waals surface area (Å²) in [6, 6.07) is 8.50. The molecule has 2 heterocycles. The maximum absolute atomic E-state index is 13.6. The van der Waals surface area contributed by atoms with E-state index in [-0.39, 0.29) is 17.8 Å². The lowest BCUT2D eigenvalue weighted by atomic mass is 10.1. The van der Waals surface area contributed by atoms with Crippen LogP contribution in [0.5, 0.6) is 0 Å². The second-order valence-electron chi connectivity index (χ2n) is 6.33. The number of hydrogen-bond acceptors (Lipinski definition) is 3. The molecule has 1 N–H and O–H groups in total. The van der Waals surface area contributed by atoms with E-state index in [2.05, 4.69) is 15.4 Å². The molecule has 0 unspecified atom stereocenters. The van der Waals surface area contributed by atoms with E-state index in [9.17, 15) is 9.18 Å². The van der Waals surface area contributed by atoms with E-state index < -0.39 is 0 Å². The summed E-state index contributed by atoms with van der Waals surface area (Å²) in [5.74, 6) is -0.452. The largest absolute Gasteiger partial charge is 0.352 e. The topological polar surface area (TPSA) is 59.8 Å². The van der Waals surface area contributed by atoms with Crippen molar-refractivity contribution in [3.05, 3.63) is 59.2 Å². The molecule has 0 saturated heterocycles. The smallest absolute Gasteiger partial charge is 0.252 e. The predicted molar refractivity (Wildman–Crippen MR) is 95.1 cm³/mol. The molecule has 0 fully saturated rings. The summed E-state index contributed by atoms with van der Waals surface area (Å²) >= 11 is 0. The fourth-order valence-corrected chi connectivity index (χ4v) is 2.82. The number of nitrogens with zero attached hydrogens (tertiary/aromatic N) is 3. The first-order valence-electron chi connectivity index (χ1n) is 8.34. The number of pyridine rings is 1. The van der Waals surface area contributed by atoms with Gasteiger partial charge in [0.15, 0.2) is 5.65 Å². The number of aryl methyl sites for hydroxylation is 1. The second-order valence-corrected chi connectivity index (χ2v) is 6.33. The van der Waals surface area contributed by atoms with Gasteiger partial charge in [-0.3, -0.25) is 4.79 Å². The van der Waals surface area contributed by atoms with Gasteiger partial charge in [0.2, 0.25) is 0 Å². The molecule has 3 rings (SSSR count). The molecule has 0 spiro atoms. The zero-order valence-corrected chi connectivity index (χ0v) is 14.6. The molecule has 0 aliphatic heterocycles. The van der Waals surface area contributed by atoms with Gasteiger partial charge in [-0.1, -0.05) is 18.2 Å². The summed E-state index contributed by atoms with van der Waals surface area (Å²) < 4.78 is 15.4. The van der Waals surface area contributed by atoms with Crippen molar-refractivity contribution < 1.29 is 9.18 Å². The van der Waals surface area contributed by atoms with E-state index in [0.29, 0.717) is 29.7 Å². The van der Waals surface area contributed by atoms with Crippen molar-refractivity contribution in [3.8, 4) is 0 Å². The highest BCUT2D eigenvalue weighted by Gasteiger charge is 2.16. The highest BCUT2D eigenvalue weighted by atomic mass is 19.1. The number of amides is 1. The van der Waals surface area contributed by atoms with Crippen molar-refractivity contribution in [2.45, 2.75) is 33.2 Å². The Kier molecular flexibility index (Phi) is 4.79. The summed E-state index contributed by atoms with van der Waals surface area (Å²) in [6.45, 7) is 6.25. The van der Waals surface area contributed by atoms with E-state index in [4.69, 9.17) is 0 Å². The van der Waals surface area contributed by atoms with Gasteiger partial charge in [0.05, 0.1) is 17.1 Å². The SMILES string of the molecule is Cc1cc(C(=O)NCCc2ccccc2F)c2cnn(C(C)C)c2n1. The number of aromatic nitrogens is 3. The molecule has 0 aliphatic carbocycles. The lowest BCUT2D eigenvalue weighted by Gasteiger charge is -2.10. The molecule has 0 bridgehead atoms. The first kappa shape index (κ1) is 17.1. The van der Waals surface area contributed by atoms with E-state index in [1.807, 2.05) is 20.8 Å². The number of benzene rings is 1. The van der Waals surface area contributed by atoms with Crippen molar-refractivity contribution in [2.24, 2.45) is 0 Å². The van der Waals surface area contributed by atoms with Crippen LogP contribution in [0.3, 0.4) is 0 Å². The van der Waals surface area contributed by atoms with Gasteiger partial charge in [0.1, 0.15) is 5.82 Å². The molecule has 0 aliphatic rings. The third-order valence-corrected chi connectivity index (χ3v) is 4.07. The van der Waals surface area contributed by atoms with Crippen LogP contribution in [0.25, 0.3) is 11.0 Å². The Bertz CT molecular complexity index is 917. The van der Waals surface area contributed by atoms with Crippen LogP contribution in [-0.4, -0.2) is 27.2 Å².